The number of hydrogen-bond donors (Lipinski definition) is 2. The predicted molar refractivity (Wildman–Crippen MR) is 37.9 cm³/mol. The Morgan fingerprint density at radius 3 is 1.31 bits per heavy atom. The molecule has 0 unspecified atom stereocenters. The molecule has 0 aliphatic heterocycles. The average molecular weight is 371 g/mol. The molecule has 0 saturated carbocycles. The molecule has 0 bridgehead atoms. The third-order valence-corrected chi connectivity index (χ3v) is 0.471. The van der Waals surface area contributed by atoms with Gasteiger partial charge in [-0.25, -0.2) is 0 Å². The molecule has 0 atom stereocenters. The van der Waals surface area contributed by atoms with Gasteiger partial charge in [0.2, 0.25) is 0 Å². The molecule has 88 valence electrons. The zero-order chi connectivity index (χ0) is 8.24. The van der Waals surface area contributed by atoms with E-state index in [0.717, 1.165) is 0 Å². The number of hydrogen-bond acceptors (Lipinski definition) is 4. The molecule has 0 spiro atoms. The maximum Gasteiger partial charge on any atom is 2.00 e. The van der Waals surface area contributed by atoms with E-state index in [4.69, 9.17) is 10.2 Å². The van der Waals surface area contributed by atoms with Crippen LogP contribution in [-0.2, 0) is 26.0 Å². The largest absolute Gasteiger partial charge is 2.00 e. The monoisotopic (exact) mass is 368 g/mol. The van der Waals surface area contributed by atoms with E-state index in [1.807, 2.05) is 0 Å². The minimum atomic E-state index is 0. The summed E-state index contributed by atoms with van der Waals surface area (Å²) in [5.41, 5.74) is 0. The minimum Gasteiger partial charge on any atom is -1.00 e. The van der Waals surface area contributed by atoms with Crippen LogP contribution in [0.3, 0.4) is 0 Å². The maximum atomic E-state index is 8.09. The number of aliphatic hydroxyl groups excluding tert-OH is 2. The van der Waals surface area contributed by atoms with Gasteiger partial charge in [-0.05, 0) is 0 Å². The SMILES string of the molecule is COC.OCCOCCO.[Br-].[Br-].[Ni+2]. The van der Waals surface area contributed by atoms with E-state index in [2.05, 4.69) is 9.47 Å². The predicted octanol–water partition coefficient (Wildman–Crippen LogP) is -6.74. The second kappa shape index (κ2) is 37.8. The van der Waals surface area contributed by atoms with Crippen LogP contribution in [-0.4, -0.2) is 50.9 Å². The first-order valence-corrected chi connectivity index (χ1v) is 3.03. The first-order chi connectivity index (χ1) is 4.83. The molecule has 4 nitrogen and oxygen atoms in total. The normalized spacial score (nSPS) is 6.46. The summed E-state index contributed by atoms with van der Waals surface area (Å²) >= 11 is 0. The number of rotatable bonds is 4. The minimum absolute atomic E-state index is 0. The molecule has 7 heteroatoms. The van der Waals surface area contributed by atoms with Gasteiger partial charge in [0.25, 0.3) is 0 Å². The second-order valence-electron chi connectivity index (χ2n) is 1.47. The topological polar surface area (TPSA) is 58.9 Å². The first kappa shape index (κ1) is 29.2. The Bertz CT molecular complexity index is 49.6. The van der Waals surface area contributed by atoms with E-state index < -0.39 is 0 Å². The van der Waals surface area contributed by atoms with E-state index in [0.29, 0.717) is 13.2 Å². The Balaban J connectivity index is -0.0000000320. The summed E-state index contributed by atoms with van der Waals surface area (Å²) in [6.07, 6.45) is 0. The maximum absolute atomic E-state index is 8.09. The van der Waals surface area contributed by atoms with Crippen LogP contribution in [0, 0.1) is 0 Å². The van der Waals surface area contributed by atoms with E-state index in [1.165, 1.54) is 0 Å². The van der Waals surface area contributed by atoms with E-state index in [-0.39, 0.29) is 63.7 Å². The van der Waals surface area contributed by atoms with Crippen LogP contribution in [0.1, 0.15) is 0 Å². The van der Waals surface area contributed by atoms with Gasteiger partial charge in [-0.1, -0.05) is 0 Å². The Kier molecular flexibility index (Phi) is 85.0. The fraction of sp³-hybridized carbons (Fsp3) is 1.00. The molecule has 0 aromatic carbocycles. The third kappa shape index (κ3) is 60.5. The average Bonchev–Trinajstić information content (AvgIpc) is 1.91. The van der Waals surface area contributed by atoms with Crippen molar-refractivity contribution in [2.24, 2.45) is 0 Å². The van der Waals surface area contributed by atoms with E-state index in [9.17, 15) is 0 Å². The van der Waals surface area contributed by atoms with Gasteiger partial charge in [0.1, 0.15) is 0 Å². The molecular weight excluding hydrogens is 355 g/mol. The van der Waals surface area contributed by atoms with Crippen LogP contribution in [0.4, 0.5) is 0 Å². The third-order valence-electron chi connectivity index (χ3n) is 0.471. The first-order valence-electron chi connectivity index (χ1n) is 3.03. The van der Waals surface area contributed by atoms with Crippen molar-refractivity contribution in [2.45, 2.75) is 0 Å². The smallest absolute Gasteiger partial charge is 1.00 e. The van der Waals surface area contributed by atoms with Crippen molar-refractivity contribution >= 4 is 0 Å². The van der Waals surface area contributed by atoms with Crippen molar-refractivity contribution in [3.8, 4) is 0 Å². The molecule has 0 amide bonds. The molecule has 0 radical (unpaired) electrons. The molecule has 2 N–H and O–H groups in total. The summed E-state index contributed by atoms with van der Waals surface area (Å²) in [6, 6.07) is 0. The zero-order valence-corrected chi connectivity index (χ0v) is 11.8. The number of methoxy groups -OCH3 is 1. The van der Waals surface area contributed by atoms with Crippen LogP contribution in [0.25, 0.3) is 0 Å². The summed E-state index contributed by atoms with van der Waals surface area (Å²) in [7, 11) is 3.25. The summed E-state index contributed by atoms with van der Waals surface area (Å²) in [6.45, 7) is 0.696. The van der Waals surface area contributed by atoms with Crippen molar-refractivity contribution in [1.82, 2.24) is 0 Å². The van der Waals surface area contributed by atoms with Crippen LogP contribution >= 0.6 is 0 Å². The van der Waals surface area contributed by atoms with Crippen molar-refractivity contribution in [1.29, 1.82) is 0 Å². The van der Waals surface area contributed by atoms with Gasteiger partial charge in [-0.3, -0.25) is 0 Å². The number of aliphatic hydroxyl groups is 2. The van der Waals surface area contributed by atoms with Crippen molar-refractivity contribution < 1.29 is 70.1 Å². The van der Waals surface area contributed by atoms with Gasteiger partial charge in [-0.2, -0.15) is 0 Å². The van der Waals surface area contributed by atoms with Gasteiger partial charge < -0.3 is 53.6 Å². The Morgan fingerprint density at radius 1 is 0.923 bits per heavy atom. The summed E-state index contributed by atoms with van der Waals surface area (Å²) in [4.78, 5) is 0. The molecule has 0 rings (SSSR count). The van der Waals surface area contributed by atoms with Crippen molar-refractivity contribution in [3.63, 3.8) is 0 Å². The van der Waals surface area contributed by atoms with Crippen LogP contribution in [0.2, 0.25) is 0 Å². The molecule has 0 aromatic heterocycles. The fourth-order valence-electron chi connectivity index (χ4n) is 0.231. The molecule has 0 aromatic rings. The Hall–Kier alpha value is 1.29. The molecule has 0 aliphatic rings. The quantitative estimate of drug-likeness (QED) is 0.382. The van der Waals surface area contributed by atoms with Crippen molar-refractivity contribution in [2.75, 3.05) is 40.6 Å². The molecule has 0 saturated heterocycles. The van der Waals surface area contributed by atoms with Crippen LogP contribution in [0.5, 0.6) is 0 Å². The van der Waals surface area contributed by atoms with Gasteiger partial charge in [0.05, 0.1) is 26.4 Å². The number of halogens is 2. The van der Waals surface area contributed by atoms with Crippen LogP contribution < -0.4 is 34.0 Å². The van der Waals surface area contributed by atoms with Gasteiger partial charge in [0, 0.05) is 14.2 Å². The number of ether oxygens (including phenoxy) is 2. The molecule has 0 aliphatic carbocycles. The summed E-state index contributed by atoms with van der Waals surface area (Å²) in [5, 5.41) is 16.2. The second-order valence-corrected chi connectivity index (χ2v) is 1.47. The van der Waals surface area contributed by atoms with Gasteiger partial charge >= 0.3 is 16.5 Å². The zero-order valence-electron chi connectivity index (χ0n) is 7.61. The van der Waals surface area contributed by atoms with Gasteiger partial charge in [0.15, 0.2) is 0 Å². The molecular formula is C6H16Br2NiO4. The Labute approximate surface area is 110 Å². The molecule has 0 heterocycles. The van der Waals surface area contributed by atoms with Crippen LogP contribution in [0.15, 0.2) is 0 Å². The molecule has 13 heavy (non-hydrogen) atoms. The fourth-order valence-corrected chi connectivity index (χ4v) is 0.231. The Morgan fingerprint density at radius 2 is 1.15 bits per heavy atom. The van der Waals surface area contributed by atoms with E-state index >= 15 is 0 Å². The van der Waals surface area contributed by atoms with E-state index in [1.54, 1.807) is 14.2 Å². The van der Waals surface area contributed by atoms with Gasteiger partial charge in [-0.15, -0.1) is 0 Å². The standard InChI is InChI=1S/C4H10O3.C2H6O.2BrH.Ni/c5-1-3-7-4-2-6;1-3-2;;;/h5-6H,1-4H2;1-2H3;2*1H;/q;;;;+2/p-2. The summed E-state index contributed by atoms with van der Waals surface area (Å²) < 4.78 is 8.88. The summed E-state index contributed by atoms with van der Waals surface area (Å²) in [5.74, 6) is 0. The molecule has 0 fully saturated rings. The van der Waals surface area contributed by atoms with Crippen molar-refractivity contribution in [3.05, 3.63) is 0 Å².